The normalized spacial score (nSPS) is 14.0. The first-order valence-corrected chi connectivity index (χ1v) is 9.49. The maximum absolute atomic E-state index is 14.5. The number of anilines is 1. The summed E-state index contributed by atoms with van der Waals surface area (Å²) in [4.78, 5) is 11.0. The molecule has 6 nitrogen and oxygen atoms in total. The lowest BCUT2D eigenvalue weighted by Crippen LogP contribution is -2.36. The van der Waals surface area contributed by atoms with E-state index in [1.807, 2.05) is 24.3 Å². The van der Waals surface area contributed by atoms with Gasteiger partial charge in [0, 0.05) is 36.6 Å². The summed E-state index contributed by atoms with van der Waals surface area (Å²) < 4.78 is 30.4. The van der Waals surface area contributed by atoms with Crippen LogP contribution in [0.25, 0.3) is 11.4 Å². The molecule has 0 unspecified atom stereocenters. The minimum absolute atomic E-state index is 0.0291. The number of ether oxygens (including phenoxy) is 3. The molecule has 0 saturated carbocycles. The Hall–Kier alpha value is -2.90. The van der Waals surface area contributed by atoms with E-state index in [1.165, 1.54) is 19.2 Å². The lowest BCUT2D eigenvalue weighted by atomic mass is 10.1. The molecule has 29 heavy (non-hydrogen) atoms. The first kappa shape index (κ1) is 19.4. The zero-order valence-electron chi connectivity index (χ0n) is 15.8. The maximum Gasteiger partial charge on any atom is 0.222 e. The van der Waals surface area contributed by atoms with Gasteiger partial charge in [-0.05, 0) is 36.4 Å². The first-order chi connectivity index (χ1) is 14.2. The molecule has 4 rings (SSSR count). The summed E-state index contributed by atoms with van der Waals surface area (Å²) in [5, 5.41) is 0.168. The molecular weight excluding hydrogens is 397 g/mol. The number of nitrogens with zero attached hydrogens (tertiary/aromatic N) is 3. The summed E-state index contributed by atoms with van der Waals surface area (Å²) in [5.74, 6) is -0.0846. The lowest BCUT2D eigenvalue weighted by Gasteiger charge is -2.28. The molecule has 0 bridgehead atoms. The Morgan fingerprint density at radius 1 is 1.07 bits per heavy atom. The third kappa shape index (κ3) is 4.26. The molecule has 0 radical (unpaired) electrons. The van der Waals surface area contributed by atoms with Crippen molar-refractivity contribution in [2.75, 3.05) is 38.3 Å². The molecule has 1 fully saturated rings. The fourth-order valence-electron chi connectivity index (χ4n) is 3.07. The first-order valence-electron chi connectivity index (χ1n) is 9.12. The van der Waals surface area contributed by atoms with Gasteiger partial charge in [-0.2, -0.15) is 9.37 Å². The van der Waals surface area contributed by atoms with Crippen LogP contribution in [0, 0.1) is 5.82 Å². The van der Waals surface area contributed by atoms with E-state index in [-0.39, 0.29) is 22.4 Å². The van der Waals surface area contributed by atoms with Gasteiger partial charge in [-0.25, -0.2) is 4.98 Å². The Kier molecular flexibility index (Phi) is 5.78. The second kappa shape index (κ2) is 8.63. The zero-order valence-corrected chi connectivity index (χ0v) is 16.5. The Bertz CT molecular complexity index is 995. The fraction of sp³-hybridized carbons (Fsp3) is 0.238. The van der Waals surface area contributed by atoms with Crippen LogP contribution in [0.5, 0.6) is 17.4 Å². The van der Waals surface area contributed by atoms with E-state index < -0.39 is 5.82 Å². The molecular formula is C21H19ClFN3O3. The number of methoxy groups -OCH3 is 1. The number of aromatic nitrogens is 2. The van der Waals surface area contributed by atoms with Crippen molar-refractivity contribution in [3.05, 3.63) is 59.5 Å². The van der Waals surface area contributed by atoms with Gasteiger partial charge >= 0.3 is 0 Å². The summed E-state index contributed by atoms with van der Waals surface area (Å²) in [7, 11) is 1.34. The van der Waals surface area contributed by atoms with Crippen LogP contribution >= 0.6 is 11.6 Å². The number of morpholine rings is 1. The quantitative estimate of drug-likeness (QED) is 0.608. The van der Waals surface area contributed by atoms with Crippen molar-refractivity contribution in [2.24, 2.45) is 0 Å². The molecule has 0 spiro atoms. The molecule has 1 saturated heterocycles. The van der Waals surface area contributed by atoms with E-state index in [2.05, 4.69) is 14.9 Å². The monoisotopic (exact) mass is 415 g/mol. The Balaban J connectivity index is 1.55. The second-order valence-corrected chi connectivity index (χ2v) is 6.77. The number of halogens is 2. The van der Waals surface area contributed by atoms with E-state index in [0.29, 0.717) is 5.82 Å². The summed E-state index contributed by atoms with van der Waals surface area (Å²) in [6.07, 6.45) is 1.57. The van der Waals surface area contributed by atoms with Gasteiger partial charge in [0.25, 0.3) is 0 Å². The standard InChI is InChI=1S/C21H19ClFN3O3/c1-27-20-16(22)6-7-17(19(20)23)29-18-8-9-24-21(25-18)14-2-4-15(5-3-14)26-10-12-28-13-11-26/h2-9H,10-13H2,1H3. The van der Waals surface area contributed by atoms with Crippen LogP contribution in [0.2, 0.25) is 5.02 Å². The van der Waals surface area contributed by atoms with Crippen molar-refractivity contribution >= 4 is 17.3 Å². The third-order valence-electron chi connectivity index (χ3n) is 4.56. The van der Waals surface area contributed by atoms with E-state index in [0.717, 1.165) is 37.6 Å². The topological polar surface area (TPSA) is 56.7 Å². The second-order valence-electron chi connectivity index (χ2n) is 6.36. The van der Waals surface area contributed by atoms with Crippen molar-refractivity contribution in [1.29, 1.82) is 0 Å². The van der Waals surface area contributed by atoms with E-state index in [1.54, 1.807) is 12.3 Å². The van der Waals surface area contributed by atoms with Crippen LogP contribution < -0.4 is 14.4 Å². The average molecular weight is 416 g/mol. The molecule has 0 N–H and O–H groups in total. The number of hydrogen-bond acceptors (Lipinski definition) is 6. The predicted molar refractivity (Wildman–Crippen MR) is 109 cm³/mol. The van der Waals surface area contributed by atoms with Crippen molar-refractivity contribution in [3.63, 3.8) is 0 Å². The average Bonchev–Trinajstić information content (AvgIpc) is 2.77. The van der Waals surface area contributed by atoms with Gasteiger partial charge < -0.3 is 19.1 Å². The number of rotatable bonds is 5. The molecule has 1 aliphatic heterocycles. The SMILES string of the molecule is COc1c(Cl)ccc(Oc2ccnc(-c3ccc(N4CCOCC4)cc3)n2)c1F. The van der Waals surface area contributed by atoms with Gasteiger partial charge in [0.1, 0.15) is 0 Å². The van der Waals surface area contributed by atoms with Gasteiger partial charge in [0.2, 0.25) is 11.7 Å². The largest absolute Gasteiger partial charge is 0.492 e. The van der Waals surface area contributed by atoms with Crippen molar-refractivity contribution < 1.29 is 18.6 Å². The highest BCUT2D eigenvalue weighted by molar-refractivity contribution is 6.32. The molecule has 8 heteroatoms. The van der Waals surface area contributed by atoms with E-state index >= 15 is 0 Å². The molecule has 3 aromatic rings. The Labute approximate surface area is 172 Å². The Morgan fingerprint density at radius 3 is 2.55 bits per heavy atom. The van der Waals surface area contributed by atoms with E-state index in [4.69, 9.17) is 25.8 Å². The molecule has 0 amide bonds. The van der Waals surface area contributed by atoms with Crippen LogP contribution in [-0.4, -0.2) is 43.4 Å². The number of hydrogen-bond donors (Lipinski definition) is 0. The number of benzene rings is 2. The molecule has 2 aromatic carbocycles. The molecule has 1 aliphatic rings. The highest BCUT2D eigenvalue weighted by atomic mass is 35.5. The van der Waals surface area contributed by atoms with Crippen LogP contribution in [0.4, 0.5) is 10.1 Å². The summed E-state index contributed by atoms with van der Waals surface area (Å²) >= 11 is 5.92. The van der Waals surface area contributed by atoms with Crippen molar-refractivity contribution in [3.8, 4) is 28.8 Å². The summed E-state index contributed by atoms with van der Waals surface area (Å²) in [6.45, 7) is 3.21. The molecule has 2 heterocycles. The smallest absolute Gasteiger partial charge is 0.222 e. The van der Waals surface area contributed by atoms with Gasteiger partial charge in [-0.15, -0.1) is 0 Å². The van der Waals surface area contributed by atoms with Crippen LogP contribution in [0.3, 0.4) is 0 Å². The zero-order chi connectivity index (χ0) is 20.2. The van der Waals surface area contributed by atoms with Crippen molar-refractivity contribution in [1.82, 2.24) is 9.97 Å². The van der Waals surface area contributed by atoms with Gasteiger partial charge in [0.15, 0.2) is 17.3 Å². The maximum atomic E-state index is 14.5. The third-order valence-corrected chi connectivity index (χ3v) is 4.86. The van der Waals surface area contributed by atoms with Crippen molar-refractivity contribution in [2.45, 2.75) is 0 Å². The van der Waals surface area contributed by atoms with Gasteiger partial charge in [-0.1, -0.05) is 11.6 Å². The minimum Gasteiger partial charge on any atom is -0.492 e. The highest BCUT2D eigenvalue weighted by Crippen LogP contribution is 2.35. The lowest BCUT2D eigenvalue weighted by molar-refractivity contribution is 0.122. The predicted octanol–water partition coefficient (Wildman–Crippen LogP) is 4.57. The van der Waals surface area contributed by atoms with E-state index in [9.17, 15) is 4.39 Å². The van der Waals surface area contributed by atoms with Gasteiger partial charge in [-0.3, -0.25) is 0 Å². The van der Waals surface area contributed by atoms with Gasteiger partial charge in [0.05, 0.1) is 25.3 Å². The van der Waals surface area contributed by atoms with Crippen LogP contribution in [0.15, 0.2) is 48.7 Å². The molecule has 0 aliphatic carbocycles. The molecule has 1 aromatic heterocycles. The summed E-state index contributed by atoms with van der Waals surface area (Å²) in [5.41, 5.74) is 1.96. The molecule has 0 atom stereocenters. The molecule has 150 valence electrons. The fourth-order valence-corrected chi connectivity index (χ4v) is 3.30. The Morgan fingerprint density at radius 2 is 1.83 bits per heavy atom. The minimum atomic E-state index is -0.685. The van der Waals surface area contributed by atoms with Crippen LogP contribution in [0.1, 0.15) is 0 Å². The van der Waals surface area contributed by atoms with Crippen LogP contribution in [-0.2, 0) is 4.74 Å². The summed E-state index contributed by atoms with van der Waals surface area (Å²) in [6, 6.07) is 12.5. The highest BCUT2D eigenvalue weighted by Gasteiger charge is 2.16.